The van der Waals surface area contributed by atoms with E-state index in [1.807, 2.05) is 18.5 Å². The standard InChI is InChI=1S/C15H19N5S/c1-3-20(4-2)15-17-10-13(21-15)9-16-12-5-6-14-11(7-12)8-18-19-14/h5-8,10,16H,3-4,9H2,1-2H3,(H,18,19). The van der Waals surface area contributed by atoms with Gasteiger partial charge in [0.25, 0.3) is 0 Å². The number of hydrogen-bond acceptors (Lipinski definition) is 5. The van der Waals surface area contributed by atoms with Gasteiger partial charge in [-0.05, 0) is 32.0 Å². The molecule has 0 aliphatic heterocycles. The van der Waals surface area contributed by atoms with Crippen LogP contribution in [0.3, 0.4) is 0 Å². The van der Waals surface area contributed by atoms with Crippen LogP contribution in [0.5, 0.6) is 0 Å². The van der Waals surface area contributed by atoms with Gasteiger partial charge in [0.2, 0.25) is 0 Å². The highest BCUT2D eigenvalue weighted by Crippen LogP contribution is 2.23. The van der Waals surface area contributed by atoms with Gasteiger partial charge in [0.05, 0.1) is 18.3 Å². The molecular weight excluding hydrogens is 282 g/mol. The molecule has 1 aromatic carbocycles. The highest BCUT2D eigenvalue weighted by Gasteiger charge is 2.07. The smallest absolute Gasteiger partial charge is 0.185 e. The maximum atomic E-state index is 4.50. The number of aromatic amines is 1. The maximum absolute atomic E-state index is 4.50. The van der Waals surface area contributed by atoms with Crippen molar-refractivity contribution in [1.82, 2.24) is 15.2 Å². The zero-order valence-electron chi connectivity index (χ0n) is 12.3. The number of benzene rings is 1. The number of hydrogen-bond donors (Lipinski definition) is 2. The second kappa shape index (κ2) is 6.13. The molecule has 0 fully saturated rings. The van der Waals surface area contributed by atoms with E-state index in [2.05, 4.69) is 51.4 Å². The quantitative estimate of drug-likeness (QED) is 0.732. The lowest BCUT2D eigenvalue weighted by molar-refractivity contribution is 0.860. The van der Waals surface area contributed by atoms with Crippen molar-refractivity contribution in [2.75, 3.05) is 23.3 Å². The minimum atomic E-state index is 0.794. The fourth-order valence-electron chi connectivity index (χ4n) is 2.26. The average molecular weight is 301 g/mol. The van der Waals surface area contributed by atoms with E-state index in [0.29, 0.717) is 0 Å². The molecule has 0 aliphatic carbocycles. The summed E-state index contributed by atoms with van der Waals surface area (Å²) in [6, 6.07) is 6.21. The summed E-state index contributed by atoms with van der Waals surface area (Å²) < 4.78 is 0. The number of nitrogens with one attached hydrogen (secondary N) is 2. The maximum Gasteiger partial charge on any atom is 0.185 e. The first-order valence-corrected chi connectivity index (χ1v) is 7.98. The predicted molar refractivity (Wildman–Crippen MR) is 89.1 cm³/mol. The summed E-state index contributed by atoms with van der Waals surface area (Å²) in [5, 5.41) is 12.7. The van der Waals surface area contributed by atoms with Crippen LogP contribution >= 0.6 is 11.3 Å². The minimum absolute atomic E-state index is 0.794. The van der Waals surface area contributed by atoms with Gasteiger partial charge in [0.1, 0.15) is 0 Å². The molecule has 3 aromatic rings. The van der Waals surface area contributed by atoms with E-state index in [4.69, 9.17) is 0 Å². The molecule has 3 rings (SSSR count). The van der Waals surface area contributed by atoms with Crippen LogP contribution in [-0.4, -0.2) is 28.3 Å². The number of fused-ring (bicyclic) bond motifs is 1. The van der Waals surface area contributed by atoms with Gasteiger partial charge in [-0.1, -0.05) is 0 Å². The van der Waals surface area contributed by atoms with Gasteiger partial charge in [-0.2, -0.15) is 5.10 Å². The van der Waals surface area contributed by atoms with Crippen LogP contribution in [0.15, 0.2) is 30.6 Å². The van der Waals surface area contributed by atoms with Crippen LogP contribution < -0.4 is 10.2 Å². The average Bonchev–Trinajstić information content (AvgIpc) is 3.15. The molecular formula is C15H19N5S. The van der Waals surface area contributed by atoms with Gasteiger partial charge >= 0.3 is 0 Å². The Morgan fingerprint density at radius 3 is 2.90 bits per heavy atom. The van der Waals surface area contributed by atoms with Crippen molar-refractivity contribution in [3.8, 4) is 0 Å². The first-order chi connectivity index (χ1) is 10.3. The molecule has 110 valence electrons. The van der Waals surface area contributed by atoms with Gasteiger partial charge in [-0.15, -0.1) is 11.3 Å². The summed E-state index contributed by atoms with van der Waals surface area (Å²) in [6.07, 6.45) is 3.80. The van der Waals surface area contributed by atoms with Gasteiger partial charge < -0.3 is 10.2 Å². The molecule has 2 aromatic heterocycles. The van der Waals surface area contributed by atoms with E-state index >= 15 is 0 Å². The Balaban J connectivity index is 1.67. The summed E-state index contributed by atoms with van der Waals surface area (Å²) in [7, 11) is 0. The van der Waals surface area contributed by atoms with E-state index in [-0.39, 0.29) is 0 Å². The fraction of sp³-hybridized carbons (Fsp3) is 0.333. The monoisotopic (exact) mass is 301 g/mol. The molecule has 0 aliphatic rings. The van der Waals surface area contributed by atoms with E-state index in [1.165, 1.54) is 4.88 Å². The molecule has 6 heteroatoms. The van der Waals surface area contributed by atoms with E-state index in [9.17, 15) is 0 Å². The van der Waals surface area contributed by atoms with Crippen molar-refractivity contribution in [2.24, 2.45) is 0 Å². The summed E-state index contributed by atoms with van der Waals surface area (Å²) in [5.74, 6) is 0. The Kier molecular flexibility index (Phi) is 4.06. The van der Waals surface area contributed by atoms with Crippen molar-refractivity contribution in [1.29, 1.82) is 0 Å². The van der Waals surface area contributed by atoms with Gasteiger partial charge in [0.15, 0.2) is 5.13 Å². The molecule has 0 bridgehead atoms. The molecule has 0 spiro atoms. The molecule has 0 radical (unpaired) electrons. The Morgan fingerprint density at radius 2 is 2.10 bits per heavy atom. The fourth-order valence-corrected chi connectivity index (χ4v) is 3.24. The molecule has 2 heterocycles. The molecule has 5 nitrogen and oxygen atoms in total. The third-order valence-electron chi connectivity index (χ3n) is 3.48. The van der Waals surface area contributed by atoms with Crippen molar-refractivity contribution < 1.29 is 0 Å². The third-order valence-corrected chi connectivity index (χ3v) is 4.54. The largest absolute Gasteiger partial charge is 0.380 e. The normalized spacial score (nSPS) is 11.0. The van der Waals surface area contributed by atoms with Crippen LogP contribution in [0.25, 0.3) is 10.9 Å². The topological polar surface area (TPSA) is 56.8 Å². The summed E-state index contributed by atoms with van der Waals surface area (Å²) in [4.78, 5) is 8.01. The predicted octanol–water partition coefficient (Wildman–Crippen LogP) is 3.48. The van der Waals surface area contributed by atoms with Crippen molar-refractivity contribution in [3.63, 3.8) is 0 Å². The Bertz CT molecular complexity index is 714. The SMILES string of the molecule is CCN(CC)c1ncc(CNc2ccc3[nH]ncc3c2)s1. The molecule has 21 heavy (non-hydrogen) atoms. The lowest BCUT2D eigenvalue weighted by Crippen LogP contribution is -2.21. The van der Waals surface area contributed by atoms with Crippen LogP contribution in [0.4, 0.5) is 10.8 Å². The number of aromatic nitrogens is 3. The van der Waals surface area contributed by atoms with E-state index in [0.717, 1.165) is 41.4 Å². The van der Waals surface area contributed by atoms with E-state index < -0.39 is 0 Å². The first-order valence-electron chi connectivity index (χ1n) is 7.16. The van der Waals surface area contributed by atoms with Crippen LogP contribution in [0, 0.1) is 0 Å². The zero-order chi connectivity index (χ0) is 14.7. The lowest BCUT2D eigenvalue weighted by atomic mass is 10.2. The Morgan fingerprint density at radius 1 is 1.24 bits per heavy atom. The van der Waals surface area contributed by atoms with Crippen molar-refractivity contribution in [2.45, 2.75) is 20.4 Å². The molecule has 0 amide bonds. The number of H-pyrrole nitrogens is 1. The zero-order valence-corrected chi connectivity index (χ0v) is 13.1. The van der Waals surface area contributed by atoms with Crippen LogP contribution in [-0.2, 0) is 6.54 Å². The second-order valence-electron chi connectivity index (χ2n) is 4.81. The van der Waals surface area contributed by atoms with E-state index in [1.54, 1.807) is 11.3 Å². The number of anilines is 2. The summed E-state index contributed by atoms with van der Waals surface area (Å²) in [5.41, 5.74) is 2.16. The van der Waals surface area contributed by atoms with Gasteiger partial charge in [0, 0.05) is 35.2 Å². The third kappa shape index (κ3) is 3.00. The Hall–Kier alpha value is -2.08. The molecule has 0 saturated heterocycles. The summed E-state index contributed by atoms with van der Waals surface area (Å²) >= 11 is 1.75. The van der Waals surface area contributed by atoms with Crippen LogP contribution in [0.1, 0.15) is 18.7 Å². The summed E-state index contributed by atoms with van der Waals surface area (Å²) in [6.45, 7) is 7.09. The molecule has 0 saturated carbocycles. The number of rotatable bonds is 6. The molecule has 0 unspecified atom stereocenters. The number of thiazole rings is 1. The number of nitrogens with zero attached hydrogens (tertiary/aromatic N) is 3. The minimum Gasteiger partial charge on any atom is -0.380 e. The van der Waals surface area contributed by atoms with Gasteiger partial charge in [-0.3, -0.25) is 5.10 Å². The first kappa shape index (κ1) is 13.9. The van der Waals surface area contributed by atoms with Gasteiger partial charge in [-0.25, -0.2) is 4.98 Å². The highest BCUT2D eigenvalue weighted by atomic mass is 32.1. The second-order valence-corrected chi connectivity index (χ2v) is 5.90. The highest BCUT2D eigenvalue weighted by molar-refractivity contribution is 7.15. The van der Waals surface area contributed by atoms with Crippen LogP contribution in [0.2, 0.25) is 0 Å². The van der Waals surface area contributed by atoms with Crippen molar-refractivity contribution in [3.05, 3.63) is 35.5 Å². The van der Waals surface area contributed by atoms with Crippen molar-refractivity contribution >= 4 is 33.1 Å². The Labute approximate surface area is 128 Å². The molecule has 0 atom stereocenters. The molecule has 2 N–H and O–H groups in total. The lowest BCUT2D eigenvalue weighted by Gasteiger charge is -2.16.